The molecule has 198 valence electrons. The summed E-state index contributed by atoms with van der Waals surface area (Å²) in [5, 5.41) is 0. The third-order valence-electron chi connectivity index (χ3n) is 9.58. The van der Waals surface area contributed by atoms with E-state index in [1.54, 1.807) is 7.78 Å². The van der Waals surface area contributed by atoms with Crippen molar-refractivity contribution in [2.45, 2.75) is 153 Å². The zero-order chi connectivity index (χ0) is 23.5. The topological polar surface area (TPSA) is 19.7 Å². The van der Waals surface area contributed by atoms with Gasteiger partial charge in [0.25, 0.3) is 0 Å². The summed E-state index contributed by atoms with van der Waals surface area (Å²) in [6, 6.07) is 2.90. The molecule has 0 spiro atoms. The van der Waals surface area contributed by atoms with E-state index < -0.39 is 0 Å². The van der Waals surface area contributed by atoms with Crippen LogP contribution in [0.1, 0.15) is 153 Å². The van der Waals surface area contributed by atoms with Crippen molar-refractivity contribution in [2.24, 2.45) is 0 Å². The summed E-state index contributed by atoms with van der Waals surface area (Å²) in [5.41, 5.74) is 0. The molecule has 0 N–H and O–H groups in total. The van der Waals surface area contributed by atoms with Gasteiger partial charge in [0, 0.05) is 0 Å². The fourth-order valence-corrected chi connectivity index (χ4v) is 10.2. The number of hydrogen-bond acceptors (Lipinski definition) is 0. The molecule has 0 aliphatic heterocycles. The van der Waals surface area contributed by atoms with Crippen LogP contribution >= 0.6 is 0 Å². The second-order valence-corrected chi connectivity index (χ2v) is 13.7. The average molecular weight is 571 g/mol. The Labute approximate surface area is 219 Å². The van der Waals surface area contributed by atoms with Gasteiger partial charge in [0.2, 0.25) is 0 Å². The summed E-state index contributed by atoms with van der Waals surface area (Å²) in [6.45, 7) is 0. The van der Waals surface area contributed by atoms with Gasteiger partial charge in [-0.1, -0.05) is 0 Å². The van der Waals surface area contributed by atoms with Crippen LogP contribution in [0.25, 0.3) is 0 Å². The first-order valence-electron chi connectivity index (χ1n) is 15.2. The fraction of sp³-hybridized carbons (Fsp3) is 0.800. The quantitative estimate of drug-likeness (QED) is 0.327. The molecule has 0 radical (unpaired) electrons. The molecular weight excluding hydrogens is 523 g/mol. The molecule has 2 aromatic rings. The maximum absolute atomic E-state index is 2.78. The average Bonchev–Trinajstić information content (AvgIpc) is 3.55. The van der Waals surface area contributed by atoms with E-state index in [-0.39, 0.29) is 0 Å². The van der Waals surface area contributed by atoms with Gasteiger partial charge in [0.05, 0.1) is 0 Å². The van der Waals surface area contributed by atoms with Gasteiger partial charge in [-0.2, -0.15) is 0 Å². The molecule has 4 nitrogen and oxygen atoms in total. The first-order chi connectivity index (χ1) is 17.4. The molecule has 35 heavy (non-hydrogen) atoms. The summed E-state index contributed by atoms with van der Waals surface area (Å²) in [5.74, 6) is 0. The van der Waals surface area contributed by atoms with E-state index in [0.717, 1.165) is 24.2 Å². The van der Waals surface area contributed by atoms with E-state index in [9.17, 15) is 0 Å². The van der Waals surface area contributed by atoms with Gasteiger partial charge in [-0.15, -0.1) is 0 Å². The van der Waals surface area contributed by atoms with Gasteiger partial charge in [-0.05, 0) is 0 Å². The molecule has 4 fully saturated rings. The normalized spacial score (nSPS) is 24.3. The van der Waals surface area contributed by atoms with Crippen LogP contribution in [0.4, 0.5) is 0 Å². The molecule has 6 rings (SSSR count). The maximum atomic E-state index is 2.78. The Balaban J connectivity index is 1.56. The number of rotatable bonds is 4. The monoisotopic (exact) mass is 570 g/mol. The Hall–Kier alpha value is -0.918. The van der Waals surface area contributed by atoms with Crippen molar-refractivity contribution in [1.82, 2.24) is 18.3 Å². The van der Waals surface area contributed by atoms with Crippen molar-refractivity contribution in [1.29, 1.82) is 0 Å². The number of hydrogen-bond donors (Lipinski definition) is 0. The third kappa shape index (κ3) is 5.38. The number of imidazole rings is 2. The second kappa shape index (κ2) is 11.6. The first-order valence-corrected chi connectivity index (χ1v) is 16.8. The molecule has 0 saturated heterocycles. The van der Waals surface area contributed by atoms with Crippen LogP contribution in [0.3, 0.4) is 0 Å². The van der Waals surface area contributed by atoms with E-state index in [2.05, 4.69) is 43.1 Å². The van der Waals surface area contributed by atoms with Gasteiger partial charge in [-0.3, -0.25) is 0 Å². The molecule has 2 aromatic heterocycles. The van der Waals surface area contributed by atoms with Crippen molar-refractivity contribution in [3.8, 4) is 0 Å². The molecular formula is C30H48N4Pd. The van der Waals surface area contributed by atoms with Crippen LogP contribution in [-0.4, -0.2) is 18.3 Å². The Morgan fingerprint density at radius 1 is 0.371 bits per heavy atom. The van der Waals surface area contributed by atoms with Crippen LogP contribution in [-0.2, 0) is 17.1 Å². The van der Waals surface area contributed by atoms with Gasteiger partial charge in [-0.25, -0.2) is 0 Å². The molecule has 5 heteroatoms. The molecule has 4 aliphatic carbocycles. The Bertz CT molecular complexity index is 925. The number of nitrogens with zero attached hydrogens (tertiary/aromatic N) is 4. The minimum atomic E-state index is 0.497. The first kappa shape index (κ1) is 24.4. The molecule has 0 atom stereocenters. The Morgan fingerprint density at radius 2 is 0.600 bits per heavy atom. The van der Waals surface area contributed by atoms with E-state index in [4.69, 9.17) is 0 Å². The Kier molecular flexibility index (Phi) is 8.12. The Morgan fingerprint density at radius 3 is 0.829 bits per heavy atom. The van der Waals surface area contributed by atoms with E-state index in [0.29, 0.717) is 17.1 Å². The summed E-state index contributed by atoms with van der Waals surface area (Å²) in [6.07, 6.45) is 38.1. The van der Waals surface area contributed by atoms with Crippen LogP contribution < -0.4 is 0 Å². The molecule has 0 aromatic carbocycles. The van der Waals surface area contributed by atoms with Gasteiger partial charge >= 0.3 is 220 Å². The molecule has 0 unspecified atom stereocenters. The van der Waals surface area contributed by atoms with Gasteiger partial charge in [0.1, 0.15) is 0 Å². The third-order valence-corrected chi connectivity index (χ3v) is 11.9. The van der Waals surface area contributed by atoms with Gasteiger partial charge < -0.3 is 0 Å². The zero-order valence-corrected chi connectivity index (χ0v) is 23.4. The van der Waals surface area contributed by atoms with Gasteiger partial charge in [0.15, 0.2) is 0 Å². The van der Waals surface area contributed by atoms with Crippen molar-refractivity contribution >= 4 is 0 Å². The summed E-state index contributed by atoms with van der Waals surface area (Å²) in [7, 11) is 0. The minimum absolute atomic E-state index is 0.497. The molecule has 0 bridgehead atoms. The predicted molar refractivity (Wildman–Crippen MR) is 140 cm³/mol. The van der Waals surface area contributed by atoms with E-state index in [1.807, 2.05) is 0 Å². The van der Waals surface area contributed by atoms with Crippen molar-refractivity contribution in [3.05, 3.63) is 32.6 Å². The van der Waals surface area contributed by atoms with Crippen LogP contribution in [0, 0.1) is 7.78 Å². The SMILES string of the molecule is c1cn(C2CCCCC2)[c](=[Pd]=[c]2n(C3CCCCC3)ccn2C2CCCCC2)n1C1CCCCC1. The van der Waals surface area contributed by atoms with E-state index in [1.165, 1.54) is 128 Å². The zero-order valence-electron chi connectivity index (χ0n) is 21.9. The second-order valence-electron chi connectivity index (χ2n) is 12.0. The fourth-order valence-electron chi connectivity index (χ4n) is 7.49. The molecule has 2 heterocycles. The van der Waals surface area contributed by atoms with Crippen LogP contribution in [0.5, 0.6) is 0 Å². The summed E-state index contributed by atoms with van der Waals surface area (Å²) in [4.78, 5) is 0. The predicted octanol–water partition coefficient (Wildman–Crippen LogP) is 8.76. The molecule has 4 saturated carbocycles. The van der Waals surface area contributed by atoms with Crippen molar-refractivity contribution in [2.75, 3.05) is 0 Å². The van der Waals surface area contributed by atoms with Crippen molar-refractivity contribution < 1.29 is 17.1 Å². The molecule has 0 amide bonds. The number of aromatic nitrogens is 4. The summed E-state index contributed by atoms with van der Waals surface area (Å²) >= 11 is 0.497. The summed E-state index contributed by atoms with van der Waals surface area (Å²) < 4.78 is 14.5. The van der Waals surface area contributed by atoms with Crippen LogP contribution in [0.2, 0.25) is 0 Å². The standard InChI is InChI=1S/2C15H24N2.Pd/c2*1-3-7-14(8-4-1)16-11-12-17(13-16)15-9-5-2-6-10-15;/h2*11-12,14-15H,1-10H2;. The van der Waals surface area contributed by atoms with Crippen LogP contribution in [0.15, 0.2) is 24.8 Å². The van der Waals surface area contributed by atoms with E-state index >= 15 is 0 Å². The van der Waals surface area contributed by atoms with Crippen molar-refractivity contribution in [3.63, 3.8) is 0 Å². The molecule has 4 aliphatic rings.